The highest BCUT2D eigenvalue weighted by Gasteiger charge is 2.12. The van der Waals surface area contributed by atoms with Crippen LogP contribution >= 0.6 is 27.5 Å². The van der Waals surface area contributed by atoms with Gasteiger partial charge in [-0.15, -0.1) is 0 Å². The molecule has 0 aliphatic rings. The van der Waals surface area contributed by atoms with Crippen molar-refractivity contribution < 1.29 is 4.79 Å². The standard InChI is InChI=1S/C10H8BrClN2O/c1-14(3-2-13)10(15)7-4-8(11)6-9(12)5-7/h4-6H,3H2,1H3. The summed E-state index contributed by atoms with van der Waals surface area (Å²) < 4.78 is 0.740. The maximum atomic E-state index is 11.7. The number of benzene rings is 1. The summed E-state index contributed by atoms with van der Waals surface area (Å²) in [6.07, 6.45) is 0. The van der Waals surface area contributed by atoms with E-state index in [1.807, 2.05) is 6.07 Å². The molecular weight excluding hydrogens is 279 g/mol. The average molecular weight is 288 g/mol. The maximum Gasteiger partial charge on any atom is 0.254 e. The quantitative estimate of drug-likeness (QED) is 0.785. The Labute approximate surface area is 101 Å². The molecule has 0 aliphatic carbocycles. The van der Waals surface area contributed by atoms with Crippen LogP contribution in [0.15, 0.2) is 22.7 Å². The Hall–Kier alpha value is -1.05. The molecule has 1 aromatic rings. The first kappa shape index (κ1) is 12.0. The first-order valence-electron chi connectivity index (χ1n) is 4.13. The lowest BCUT2D eigenvalue weighted by atomic mass is 10.2. The molecule has 0 heterocycles. The molecule has 1 aromatic carbocycles. The first-order valence-corrected chi connectivity index (χ1v) is 5.30. The van der Waals surface area contributed by atoms with Crippen molar-refractivity contribution in [1.82, 2.24) is 4.90 Å². The topological polar surface area (TPSA) is 44.1 Å². The van der Waals surface area contributed by atoms with Gasteiger partial charge in [-0.3, -0.25) is 4.79 Å². The summed E-state index contributed by atoms with van der Waals surface area (Å²) in [6.45, 7) is 0.0585. The van der Waals surface area contributed by atoms with Crippen molar-refractivity contribution in [2.45, 2.75) is 0 Å². The van der Waals surface area contributed by atoms with Crippen LogP contribution in [0.5, 0.6) is 0 Å². The number of nitrogens with zero attached hydrogens (tertiary/aromatic N) is 2. The van der Waals surface area contributed by atoms with Gasteiger partial charge in [0, 0.05) is 22.1 Å². The molecular formula is C10H8BrClN2O. The largest absolute Gasteiger partial charge is 0.328 e. The van der Waals surface area contributed by atoms with Crippen molar-refractivity contribution >= 4 is 33.4 Å². The van der Waals surface area contributed by atoms with Crippen LogP contribution < -0.4 is 0 Å². The highest BCUT2D eigenvalue weighted by molar-refractivity contribution is 9.10. The fraction of sp³-hybridized carbons (Fsp3) is 0.200. The number of rotatable bonds is 2. The van der Waals surface area contributed by atoms with E-state index in [2.05, 4.69) is 15.9 Å². The van der Waals surface area contributed by atoms with Gasteiger partial charge in [-0.25, -0.2) is 0 Å². The zero-order valence-electron chi connectivity index (χ0n) is 8.00. The highest BCUT2D eigenvalue weighted by Crippen LogP contribution is 2.20. The van der Waals surface area contributed by atoms with Gasteiger partial charge in [-0.05, 0) is 18.2 Å². The molecule has 0 unspecified atom stereocenters. The van der Waals surface area contributed by atoms with Gasteiger partial charge in [0.2, 0.25) is 0 Å². The molecule has 3 nitrogen and oxygen atoms in total. The SMILES string of the molecule is CN(CC#N)C(=O)c1cc(Cl)cc(Br)c1. The monoisotopic (exact) mass is 286 g/mol. The lowest BCUT2D eigenvalue weighted by Gasteiger charge is -2.13. The predicted octanol–water partition coefficient (Wildman–Crippen LogP) is 2.70. The third-order valence-corrected chi connectivity index (χ3v) is 2.44. The van der Waals surface area contributed by atoms with Gasteiger partial charge in [0.25, 0.3) is 5.91 Å². The van der Waals surface area contributed by atoms with E-state index in [0.29, 0.717) is 10.6 Å². The summed E-state index contributed by atoms with van der Waals surface area (Å²) in [7, 11) is 1.57. The lowest BCUT2D eigenvalue weighted by molar-refractivity contribution is 0.0812. The minimum Gasteiger partial charge on any atom is -0.328 e. The molecule has 5 heteroatoms. The normalized spacial score (nSPS) is 9.47. The number of carbonyl (C=O) groups is 1. The van der Waals surface area contributed by atoms with Crippen molar-refractivity contribution in [3.8, 4) is 6.07 Å². The van der Waals surface area contributed by atoms with E-state index in [1.54, 1.807) is 25.2 Å². The lowest BCUT2D eigenvalue weighted by Crippen LogP contribution is -2.26. The van der Waals surface area contributed by atoms with Gasteiger partial charge in [-0.1, -0.05) is 27.5 Å². The number of amides is 1. The van der Waals surface area contributed by atoms with Crippen LogP contribution in [0.3, 0.4) is 0 Å². The van der Waals surface area contributed by atoms with Crippen LogP contribution in [-0.4, -0.2) is 24.4 Å². The number of nitriles is 1. The molecule has 1 amide bonds. The van der Waals surface area contributed by atoms with Crippen LogP contribution in [0.25, 0.3) is 0 Å². The van der Waals surface area contributed by atoms with Gasteiger partial charge < -0.3 is 4.90 Å². The van der Waals surface area contributed by atoms with Crippen molar-refractivity contribution in [1.29, 1.82) is 5.26 Å². The molecule has 0 spiro atoms. The Bertz CT molecular complexity index is 408. The Morgan fingerprint density at radius 3 is 2.80 bits per heavy atom. The highest BCUT2D eigenvalue weighted by atomic mass is 79.9. The minimum atomic E-state index is -0.222. The summed E-state index contributed by atoms with van der Waals surface area (Å²) in [5.74, 6) is -0.222. The molecule has 78 valence electrons. The van der Waals surface area contributed by atoms with Crippen LogP contribution in [0.2, 0.25) is 5.02 Å². The third-order valence-electron chi connectivity index (χ3n) is 1.76. The molecule has 0 N–H and O–H groups in total. The minimum absolute atomic E-state index is 0.0585. The van der Waals surface area contributed by atoms with Gasteiger partial charge >= 0.3 is 0 Å². The Balaban J connectivity index is 2.97. The molecule has 1 rings (SSSR count). The summed E-state index contributed by atoms with van der Waals surface area (Å²) in [5.41, 5.74) is 0.465. The van der Waals surface area contributed by atoms with E-state index >= 15 is 0 Å². The number of halogens is 2. The maximum absolute atomic E-state index is 11.7. The van der Waals surface area contributed by atoms with Gasteiger partial charge in [0.15, 0.2) is 0 Å². The number of carbonyl (C=O) groups excluding carboxylic acids is 1. The smallest absolute Gasteiger partial charge is 0.254 e. The molecule has 0 saturated heterocycles. The van der Waals surface area contributed by atoms with Crippen molar-refractivity contribution in [2.24, 2.45) is 0 Å². The summed E-state index contributed by atoms with van der Waals surface area (Å²) in [6, 6.07) is 6.85. The molecule has 0 aliphatic heterocycles. The van der Waals surface area contributed by atoms with Crippen LogP contribution in [0.1, 0.15) is 10.4 Å². The number of hydrogen-bond acceptors (Lipinski definition) is 2. The van der Waals surface area contributed by atoms with Gasteiger partial charge in [0.1, 0.15) is 6.54 Å². The summed E-state index contributed by atoms with van der Waals surface area (Å²) in [4.78, 5) is 13.1. The second kappa shape index (κ2) is 5.15. The van der Waals surface area contributed by atoms with E-state index in [0.717, 1.165) is 4.47 Å². The van der Waals surface area contributed by atoms with Gasteiger partial charge in [0.05, 0.1) is 6.07 Å². The third kappa shape index (κ3) is 3.22. The average Bonchev–Trinajstić information content (AvgIpc) is 2.15. The van der Waals surface area contributed by atoms with Crippen molar-refractivity contribution in [3.05, 3.63) is 33.3 Å². The molecule has 0 bridgehead atoms. The zero-order chi connectivity index (χ0) is 11.4. The Morgan fingerprint density at radius 2 is 2.27 bits per heavy atom. The van der Waals surface area contributed by atoms with E-state index in [9.17, 15) is 4.79 Å². The van der Waals surface area contributed by atoms with E-state index in [4.69, 9.17) is 16.9 Å². The Kier molecular flexibility index (Phi) is 4.13. The second-order valence-corrected chi connectivity index (χ2v) is 4.33. The molecule has 0 radical (unpaired) electrons. The predicted molar refractivity (Wildman–Crippen MR) is 61.7 cm³/mol. The van der Waals surface area contributed by atoms with E-state index in [1.165, 1.54) is 4.90 Å². The molecule has 0 aromatic heterocycles. The molecule has 0 saturated carbocycles. The van der Waals surface area contributed by atoms with Crippen molar-refractivity contribution in [3.63, 3.8) is 0 Å². The fourth-order valence-corrected chi connectivity index (χ4v) is 1.94. The molecule has 0 atom stereocenters. The number of hydrogen-bond donors (Lipinski definition) is 0. The van der Waals surface area contributed by atoms with E-state index < -0.39 is 0 Å². The fourth-order valence-electron chi connectivity index (χ4n) is 1.08. The van der Waals surface area contributed by atoms with E-state index in [-0.39, 0.29) is 12.5 Å². The zero-order valence-corrected chi connectivity index (χ0v) is 10.3. The second-order valence-electron chi connectivity index (χ2n) is 2.98. The first-order chi connectivity index (χ1) is 7.04. The van der Waals surface area contributed by atoms with Crippen LogP contribution in [0.4, 0.5) is 0 Å². The Morgan fingerprint density at radius 1 is 1.60 bits per heavy atom. The van der Waals surface area contributed by atoms with Gasteiger partial charge in [-0.2, -0.15) is 5.26 Å². The summed E-state index contributed by atoms with van der Waals surface area (Å²) >= 11 is 9.06. The van der Waals surface area contributed by atoms with Crippen LogP contribution in [-0.2, 0) is 0 Å². The molecule has 0 fully saturated rings. The molecule has 15 heavy (non-hydrogen) atoms. The summed E-state index contributed by atoms with van der Waals surface area (Å²) in [5, 5.41) is 8.95. The van der Waals surface area contributed by atoms with Crippen molar-refractivity contribution in [2.75, 3.05) is 13.6 Å². The van der Waals surface area contributed by atoms with Crippen LogP contribution in [0, 0.1) is 11.3 Å².